The summed E-state index contributed by atoms with van der Waals surface area (Å²) >= 11 is 0. The molecule has 5 nitrogen and oxygen atoms in total. The third kappa shape index (κ3) is 7.89. The Hall–Kier alpha value is -3.73. The average Bonchev–Trinajstić information content (AvgIpc) is 2.96. The van der Waals surface area contributed by atoms with Crippen molar-refractivity contribution in [2.24, 2.45) is 5.92 Å². The summed E-state index contributed by atoms with van der Waals surface area (Å²) in [5.74, 6) is -0.702. The monoisotopic (exact) mass is 526 g/mol. The fraction of sp³-hybridized carbons (Fsp3) is 0.382. The van der Waals surface area contributed by atoms with Gasteiger partial charge < -0.3 is 9.84 Å². The van der Waals surface area contributed by atoms with Crippen LogP contribution in [0.2, 0.25) is 0 Å². The third-order valence-corrected chi connectivity index (χ3v) is 7.64. The Morgan fingerprint density at radius 3 is 2.05 bits per heavy atom. The number of aryl methyl sites for hydroxylation is 1. The van der Waals surface area contributed by atoms with Gasteiger partial charge in [-0.2, -0.15) is 0 Å². The summed E-state index contributed by atoms with van der Waals surface area (Å²) in [6, 6.07) is 19.9. The molecule has 4 rings (SSSR count). The number of unbranched alkanes of at least 4 members (excludes halogenated alkanes) is 6. The number of ketones is 1. The Balaban J connectivity index is 1.27. The quantitative estimate of drug-likeness (QED) is 0.105. The van der Waals surface area contributed by atoms with Crippen LogP contribution < -0.4 is 4.74 Å². The number of ether oxygens (including phenoxy) is 1. The summed E-state index contributed by atoms with van der Waals surface area (Å²) in [7, 11) is 0. The molecule has 39 heavy (non-hydrogen) atoms. The molecular formula is C34H38O5. The molecule has 0 saturated carbocycles. The van der Waals surface area contributed by atoms with Crippen molar-refractivity contribution < 1.29 is 24.2 Å². The zero-order chi connectivity index (χ0) is 27.6. The second-order valence-corrected chi connectivity index (χ2v) is 10.5. The number of hydrogen-bond acceptors (Lipinski definition) is 4. The van der Waals surface area contributed by atoms with Gasteiger partial charge >= 0.3 is 11.9 Å². The Morgan fingerprint density at radius 1 is 0.769 bits per heavy atom. The van der Waals surface area contributed by atoms with Crippen molar-refractivity contribution in [1.29, 1.82) is 0 Å². The Bertz CT molecular complexity index is 1270. The second-order valence-electron chi connectivity index (χ2n) is 10.5. The van der Waals surface area contributed by atoms with E-state index >= 15 is 0 Å². The van der Waals surface area contributed by atoms with Crippen molar-refractivity contribution in [3.63, 3.8) is 0 Å². The van der Waals surface area contributed by atoms with Crippen LogP contribution in [0.4, 0.5) is 0 Å². The highest BCUT2D eigenvalue weighted by atomic mass is 16.5. The predicted octanol–water partition coefficient (Wildman–Crippen LogP) is 8.09. The minimum absolute atomic E-state index is 0.213. The minimum Gasteiger partial charge on any atom is -0.478 e. The first-order valence-electron chi connectivity index (χ1n) is 14.2. The van der Waals surface area contributed by atoms with Crippen LogP contribution >= 0.6 is 0 Å². The number of fused-ring (bicyclic) bond motifs is 1. The van der Waals surface area contributed by atoms with Gasteiger partial charge in [0.05, 0.1) is 11.5 Å². The van der Waals surface area contributed by atoms with Gasteiger partial charge in [-0.05, 0) is 78.3 Å². The summed E-state index contributed by atoms with van der Waals surface area (Å²) in [5.41, 5.74) is 5.12. The molecule has 0 aliphatic heterocycles. The molecule has 0 fully saturated rings. The molecule has 0 spiro atoms. The molecule has 1 atom stereocenters. The normalized spacial score (nSPS) is 14.4. The van der Waals surface area contributed by atoms with Gasteiger partial charge in [-0.1, -0.05) is 81.8 Å². The minimum atomic E-state index is -0.957. The van der Waals surface area contributed by atoms with Crippen LogP contribution in [0.1, 0.15) is 96.6 Å². The molecule has 3 aromatic carbocycles. The average molecular weight is 527 g/mol. The molecule has 3 aromatic rings. The zero-order valence-electron chi connectivity index (χ0n) is 22.8. The van der Waals surface area contributed by atoms with Crippen LogP contribution in [0.25, 0.3) is 11.1 Å². The molecule has 1 aliphatic carbocycles. The van der Waals surface area contributed by atoms with E-state index in [1.165, 1.54) is 37.7 Å². The first kappa shape index (κ1) is 28.3. The van der Waals surface area contributed by atoms with Gasteiger partial charge in [-0.15, -0.1) is 0 Å². The Labute approximate surface area is 231 Å². The number of carboxylic acids is 1. The lowest BCUT2D eigenvalue weighted by atomic mass is 9.82. The highest BCUT2D eigenvalue weighted by molar-refractivity contribution is 5.96. The number of rotatable bonds is 13. The second kappa shape index (κ2) is 13.9. The largest absolute Gasteiger partial charge is 0.478 e. The van der Waals surface area contributed by atoms with E-state index in [2.05, 4.69) is 6.92 Å². The van der Waals surface area contributed by atoms with Crippen molar-refractivity contribution >= 4 is 17.7 Å². The standard InChI is InChI=1S/C34H38O5/c1-2-3-4-5-6-7-8-9-32(35)29-16-14-28-23-30(17-15-27(28)22-29)34(38)39-31-20-18-25(19-21-31)24-10-12-26(13-11-24)33(36)37/h10-14,16,18-22,30H,2-9,15,17,23H2,1H3,(H,36,37). The lowest BCUT2D eigenvalue weighted by Crippen LogP contribution is -2.26. The molecule has 0 radical (unpaired) electrons. The van der Waals surface area contributed by atoms with Gasteiger partial charge in [-0.25, -0.2) is 4.79 Å². The topological polar surface area (TPSA) is 80.7 Å². The molecule has 0 aromatic heterocycles. The maximum Gasteiger partial charge on any atom is 0.335 e. The summed E-state index contributed by atoms with van der Waals surface area (Å²) in [6.45, 7) is 2.22. The van der Waals surface area contributed by atoms with Crippen molar-refractivity contribution in [3.8, 4) is 16.9 Å². The molecule has 0 bridgehead atoms. The molecule has 0 heterocycles. The number of benzene rings is 3. The number of aromatic carboxylic acids is 1. The first-order valence-corrected chi connectivity index (χ1v) is 14.2. The number of carboxylic acid groups (broad SMARTS) is 1. The molecular weight excluding hydrogens is 488 g/mol. The van der Waals surface area contributed by atoms with E-state index in [-0.39, 0.29) is 23.2 Å². The van der Waals surface area contributed by atoms with E-state index in [0.717, 1.165) is 41.5 Å². The van der Waals surface area contributed by atoms with Crippen LogP contribution in [0.15, 0.2) is 66.7 Å². The summed E-state index contributed by atoms with van der Waals surface area (Å²) < 4.78 is 5.69. The Kier molecular flexibility index (Phi) is 10.1. The number of esters is 1. The van der Waals surface area contributed by atoms with Gasteiger partial charge in [0.1, 0.15) is 5.75 Å². The van der Waals surface area contributed by atoms with E-state index in [9.17, 15) is 14.4 Å². The molecule has 1 N–H and O–H groups in total. The summed E-state index contributed by atoms with van der Waals surface area (Å²) in [4.78, 5) is 36.7. The summed E-state index contributed by atoms with van der Waals surface area (Å²) in [5, 5.41) is 9.06. The lowest BCUT2D eigenvalue weighted by molar-refractivity contribution is -0.139. The fourth-order valence-corrected chi connectivity index (χ4v) is 5.24. The van der Waals surface area contributed by atoms with Gasteiger partial charge in [0.25, 0.3) is 0 Å². The van der Waals surface area contributed by atoms with Gasteiger partial charge in [0.2, 0.25) is 0 Å². The van der Waals surface area contributed by atoms with E-state index in [1.54, 1.807) is 36.4 Å². The van der Waals surface area contributed by atoms with Crippen molar-refractivity contribution in [2.75, 3.05) is 0 Å². The number of carbonyl (C=O) groups excluding carboxylic acids is 2. The van der Waals surface area contributed by atoms with Crippen molar-refractivity contribution in [3.05, 3.63) is 89.0 Å². The van der Waals surface area contributed by atoms with Gasteiger partial charge in [0, 0.05) is 12.0 Å². The Morgan fingerprint density at radius 2 is 1.38 bits per heavy atom. The smallest absolute Gasteiger partial charge is 0.335 e. The predicted molar refractivity (Wildman–Crippen MR) is 153 cm³/mol. The van der Waals surface area contributed by atoms with Crippen LogP contribution in [0.3, 0.4) is 0 Å². The number of carbonyl (C=O) groups is 3. The molecule has 204 valence electrons. The molecule has 0 amide bonds. The SMILES string of the molecule is CCCCCCCCCC(=O)c1ccc2c(c1)CCC(C(=O)Oc1ccc(-c3ccc(C(=O)O)cc3)cc1)C2. The lowest BCUT2D eigenvalue weighted by Gasteiger charge is -2.23. The van der Waals surface area contributed by atoms with Crippen LogP contribution in [-0.2, 0) is 17.6 Å². The molecule has 1 unspecified atom stereocenters. The van der Waals surface area contributed by atoms with Gasteiger partial charge in [-0.3, -0.25) is 9.59 Å². The molecule has 0 saturated heterocycles. The van der Waals surface area contributed by atoms with Gasteiger partial charge in [0.15, 0.2) is 5.78 Å². The van der Waals surface area contributed by atoms with Crippen molar-refractivity contribution in [1.82, 2.24) is 0 Å². The zero-order valence-corrected chi connectivity index (χ0v) is 22.8. The van der Waals surface area contributed by atoms with Crippen LogP contribution in [0.5, 0.6) is 5.75 Å². The van der Waals surface area contributed by atoms with Crippen LogP contribution in [0, 0.1) is 5.92 Å². The van der Waals surface area contributed by atoms with E-state index in [4.69, 9.17) is 9.84 Å². The fourth-order valence-electron chi connectivity index (χ4n) is 5.24. The highest BCUT2D eigenvalue weighted by Crippen LogP contribution is 2.29. The van der Waals surface area contributed by atoms with Crippen molar-refractivity contribution in [2.45, 2.75) is 77.6 Å². The molecule has 1 aliphatic rings. The van der Waals surface area contributed by atoms with Crippen LogP contribution in [-0.4, -0.2) is 22.8 Å². The maximum absolute atomic E-state index is 12.9. The van der Waals surface area contributed by atoms with E-state index in [1.807, 2.05) is 30.3 Å². The molecule has 5 heteroatoms. The number of hydrogen-bond donors (Lipinski definition) is 1. The van der Waals surface area contributed by atoms with E-state index < -0.39 is 5.97 Å². The third-order valence-electron chi connectivity index (χ3n) is 7.64. The van der Waals surface area contributed by atoms with E-state index in [0.29, 0.717) is 25.0 Å². The maximum atomic E-state index is 12.9. The summed E-state index contributed by atoms with van der Waals surface area (Å²) in [6.07, 6.45) is 11.1. The first-order chi connectivity index (χ1) is 18.9. The highest BCUT2D eigenvalue weighted by Gasteiger charge is 2.27. The number of Topliss-reactive ketones (excluding diaryl/α,β-unsaturated/α-hetero) is 1.